The summed E-state index contributed by atoms with van der Waals surface area (Å²) in [6.45, 7) is 0.141. The van der Waals surface area contributed by atoms with Gasteiger partial charge in [0.2, 0.25) is 0 Å². The highest BCUT2D eigenvalue weighted by Gasteiger charge is 2.07. The molecule has 0 saturated heterocycles. The van der Waals surface area contributed by atoms with Crippen molar-refractivity contribution in [2.45, 2.75) is 6.10 Å². The van der Waals surface area contributed by atoms with Crippen molar-refractivity contribution in [1.82, 2.24) is 4.98 Å². The maximum Gasteiger partial charge on any atom is 0.142 e. The lowest BCUT2D eigenvalue weighted by Crippen LogP contribution is -2.12. The SMILES string of the molecule is NCC(O)c1cnc(N)c(Cl)c1. The molecule has 5 N–H and O–H groups in total. The Morgan fingerprint density at radius 2 is 2.33 bits per heavy atom. The molecule has 66 valence electrons. The third-order valence-electron chi connectivity index (χ3n) is 1.50. The van der Waals surface area contributed by atoms with Crippen LogP contribution in [-0.4, -0.2) is 16.6 Å². The van der Waals surface area contributed by atoms with Crippen LogP contribution in [0.15, 0.2) is 12.3 Å². The van der Waals surface area contributed by atoms with Gasteiger partial charge in [-0.25, -0.2) is 4.98 Å². The van der Waals surface area contributed by atoms with Gasteiger partial charge in [-0.2, -0.15) is 0 Å². The summed E-state index contributed by atoms with van der Waals surface area (Å²) in [6.07, 6.45) is 0.731. The zero-order valence-corrected chi connectivity index (χ0v) is 7.12. The fraction of sp³-hybridized carbons (Fsp3) is 0.286. The van der Waals surface area contributed by atoms with Crippen LogP contribution in [0.4, 0.5) is 5.82 Å². The first-order valence-electron chi connectivity index (χ1n) is 3.44. The summed E-state index contributed by atoms with van der Waals surface area (Å²) >= 11 is 5.68. The van der Waals surface area contributed by atoms with Crippen LogP contribution >= 0.6 is 11.6 Å². The molecule has 0 radical (unpaired) electrons. The Bertz CT molecular complexity index is 279. The van der Waals surface area contributed by atoms with Crippen molar-refractivity contribution in [3.05, 3.63) is 22.8 Å². The van der Waals surface area contributed by atoms with Gasteiger partial charge in [-0.15, -0.1) is 0 Å². The normalized spacial score (nSPS) is 12.9. The molecule has 0 saturated carbocycles. The van der Waals surface area contributed by atoms with Crippen LogP contribution in [0.3, 0.4) is 0 Å². The third-order valence-corrected chi connectivity index (χ3v) is 1.80. The van der Waals surface area contributed by atoms with E-state index in [4.69, 9.17) is 23.1 Å². The van der Waals surface area contributed by atoms with E-state index in [0.29, 0.717) is 10.6 Å². The quantitative estimate of drug-likeness (QED) is 0.622. The number of pyridine rings is 1. The first-order valence-corrected chi connectivity index (χ1v) is 3.82. The number of anilines is 1. The van der Waals surface area contributed by atoms with E-state index in [1.54, 1.807) is 6.07 Å². The number of nitrogens with two attached hydrogens (primary N) is 2. The molecule has 0 aliphatic rings. The van der Waals surface area contributed by atoms with Crippen LogP contribution in [0, 0.1) is 0 Å². The van der Waals surface area contributed by atoms with Crippen LogP contribution in [0.2, 0.25) is 5.02 Å². The summed E-state index contributed by atoms with van der Waals surface area (Å²) in [5.74, 6) is 0.254. The molecule has 4 nitrogen and oxygen atoms in total. The summed E-state index contributed by atoms with van der Waals surface area (Å²) in [6, 6.07) is 1.56. The van der Waals surface area contributed by atoms with Crippen LogP contribution < -0.4 is 11.5 Å². The molecule has 0 aromatic carbocycles. The molecule has 1 heterocycles. The smallest absolute Gasteiger partial charge is 0.142 e. The highest BCUT2D eigenvalue weighted by atomic mass is 35.5. The van der Waals surface area contributed by atoms with Gasteiger partial charge >= 0.3 is 0 Å². The van der Waals surface area contributed by atoms with Crippen LogP contribution in [-0.2, 0) is 0 Å². The van der Waals surface area contributed by atoms with E-state index < -0.39 is 6.10 Å². The minimum Gasteiger partial charge on any atom is -0.387 e. The van der Waals surface area contributed by atoms with Gasteiger partial charge < -0.3 is 16.6 Å². The molecule has 12 heavy (non-hydrogen) atoms. The predicted molar refractivity (Wildman–Crippen MR) is 47.7 cm³/mol. The second-order valence-electron chi connectivity index (χ2n) is 2.39. The van der Waals surface area contributed by atoms with Crippen molar-refractivity contribution in [2.24, 2.45) is 5.73 Å². The summed E-state index contributed by atoms with van der Waals surface area (Å²) in [4.78, 5) is 3.78. The molecule has 0 aliphatic heterocycles. The molecule has 0 aliphatic carbocycles. The summed E-state index contributed by atoms with van der Waals surface area (Å²) in [5, 5.41) is 9.61. The highest BCUT2D eigenvalue weighted by Crippen LogP contribution is 2.20. The fourth-order valence-corrected chi connectivity index (χ4v) is 0.956. The Kier molecular flexibility index (Phi) is 2.86. The van der Waals surface area contributed by atoms with E-state index in [1.807, 2.05) is 0 Å². The molecule has 1 aromatic rings. The first-order chi connectivity index (χ1) is 5.65. The van der Waals surface area contributed by atoms with Crippen LogP contribution in [0.25, 0.3) is 0 Å². The molecule has 1 rings (SSSR count). The molecular weight excluding hydrogens is 178 g/mol. The second-order valence-corrected chi connectivity index (χ2v) is 2.79. The number of nitrogens with zero attached hydrogens (tertiary/aromatic N) is 1. The minimum atomic E-state index is -0.726. The van der Waals surface area contributed by atoms with Crippen molar-refractivity contribution < 1.29 is 5.11 Å². The lowest BCUT2D eigenvalue weighted by Gasteiger charge is -2.07. The summed E-state index contributed by atoms with van der Waals surface area (Å²) in [7, 11) is 0. The molecule has 1 aromatic heterocycles. The van der Waals surface area contributed by atoms with E-state index in [0.717, 1.165) is 0 Å². The number of aliphatic hydroxyl groups excluding tert-OH is 1. The maximum absolute atomic E-state index is 9.28. The average Bonchev–Trinajstić information content (AvgIpc) is 2.08. The first kappa shape index (κ1) is 9.25. The van der Waals surface area contributed by atoms with Crippen LogP contribution in [0.1, 0.15) is 11.7 Å². The van der Waals surface area contributed by atoms with Gasteiger partial charge in [-0.05, 0) is 6.07 Å². The number of aliphatic hydroxyl groups is 1. The van der Waals surface area contributed by atoms with Crippen molar-refractivity contribution >= 4 is 17.4 Å². The number of aromatic nitrogens is 1. The van der Waals surface area contributed by atoms with Gasteiger partial charge in [0.05, 0.1) is 11.1 Å². The van der Waals surface area contributed by atoms with Crippen molar-refractivity contribution in [3.63, 3.8) is 0 Å². The van der Waals surface area contributed by atoms with Crippen molar-refractivity contribution in [2.75, 3.05) is 12.3 Å². The zero-order valence-electron chi connectivity index (χ0n) is 6.37. The molecule has 0 bridgehead atoms. The Hall–Kier alpha value is -0.840. The van der Waals surface area contributed by atoms with Gasteiger partial charge in [0.1, 0.15) is 5.82 Å². The third kappa shape index (κ3) is 1.85. The van der Waals surface area contributed by atoms with E-state index in [9.17, 15) is 5.11 Å². The Balaban J connectivity index is 2.96. The number of hydrogen-bond donors (Lipinski definition) is 3. The Morgan fingerprint density at radius 1 is 1.67 bits per heavy atom. The van der Waals surface area contributed by atoms with Crippen molar-refractivity contribution in [3.8, 4) is 0 Å². The van der Waals surface area contributed by atoms with E-state index >= 15 is 0 Å². The lowest BCUT2D eigenvalue weighted by molar-refractivity contribution is 0.186. The molecule has 1 unspecified atom stereocenters. The Morgan fingerprint density at radius 3 is 2.83 bits per heavy atom. The maximum atomic E-state index is 9.28. The monoisotopic (exact) mass is 187 g/mol. The number of hydrogen-bond acceptors (Lipinski definition) is 4. The topological polar surface area (TPSA) is 85.2 Å². The lowest BCUT2D eigenvalue weighted by atomic mass is 10.2. The molecule has 0 spiro atoms. The number of rotatable bonds is 2. The van der Waals surface area contributed by atoms with Gasteiger partial charge in [-0.1, -0.05) is 11.6 Å². The second kappa shape index (κ2) is 3.71. The summed E-state index contributed by atoms with van der Waals surface area (Å²) < 4.78 is 0. The van der Waals surface area contributed by atoms with Gasteiger partial charge in [0.15, 0.2) is 0 Å². The van der Waals surface area contributed by atoms with Crippen LogP contribution in [0.5, 0.6) is 0 Å². The van der Waals surface area contributed by atoms with E-state index in [1.165, 1.54) is 6.20 Å². The number of nitrogen functional groups attached to an aromatic ring is 1. The van der Waals surface area contributed by atoms with Gasteiger partial charge in [-0.3, -0.25) is 0 Å². The predicted octanol–water partition coefficient (Wildman–Crippen LogP) is 0.309. The van der Waals surface area contributed by atoms with Gasteiger partial charge in [0.25, 0.3) is 0 Å². The molecule has 0 fully saturated rings. The Labute approximate surface area is 75.2 Å². The fourth-order valence-electron chi connectivity index (χ4n) is 0.782. The minimum absolute atomic E-state index is 0.141. The largest absolute Gasteiger partial charge is 0.387 e. The standard InChI is InChI=1S/C7H10ClN3O/c8-5-1-4(6(12)2-9)3-11-7(5)10/h1,3,6,12H,2,9H2,(H2,10,11). The number of halogens is 1. The average molecular weight is 188 g/mol. The van der Waals surface area contributed by atoms with Crippen molar-refractivity contribution in [1.29, 1.82) is 0 Å². The molecule has 5 heteroatoms. The molecule has 1 atom stereocenters. The van der Waals surface area contributed by atoms with E-state index in [-0.39, 0.29) is 12.4 Å². The highest BCUT2D eigenvalue weighted by molar-refractivity contribution is 6.32. The zero-order chi connectivity index (χ0) is 9.14. The molecular formula is C7H10ClN3O. The van der Waals surface area contributed by atoms with Gasteiger partial charge in [0, 0.05) is 18.3 Å². The summed E-state index contributed by atoms with van der Waals surface area (Å²) in [5.41, 5.74) is 11.2. The van der Waals surface area contributed by atoms with E-state index in [2.05, 4.69) is 4.98 Å². The molecule has 0 amide bonds.